The van der Waals surface area contributed by atoms with Crippen LogP contribution in [0.15, 0.2) is 60.8 Å². The minimum Gasteiger partial charge on any atom is -0.493 e. The van der Waals surface area contributed by atoms with Crippen LogP contribution < -0.4 is 10.1 Å². The number of nitrogens with zero attached hydrogens (tertiary/aromatic N) is 1. The molecular weight excluding hydrogens is 536 g/mol. The van der Waals surface area contributed by atoms with E-state index < -0.39 is 17.1 Å². The fourth-order valence-corrected chi connectivity index (χ4v) is 7.99. The molecule has 0 radical (unpaired) electrons. The number of carboxylic acids is 1. The van der Waals surface area contributed by atoms with Gasteiger partial charge in [-0.3, -0.25) is 4.98 Å². The number of pyridine rings is 1. The summed E-state index contributed by atoms with van der Waals surface area (Å²) >= 11 is 6.20. The Hall–Kier alpha value is -3.09. The molecule has 2 unspecified atom stereocenters. The summed E-state index contributed by atoms with van der Waals surface area (Å²) in [5.41, 5.74) is 3.35. The fraction of sp³-hybridized carbons (Fsp3) is 0.471. The molecule has 7 heteroatoms. The van der Waals surface area contributed by atoms with E-state index in [1.165, 1.54) is 11.1 Å². The van der Waals surface area contributed by atoms with Gasteiger partial charge in [0.2, 0.25) is 0 Å². The number of hydrogen-bond acceptors (Lipinski definition) is 5. The Morgan fingerprint density at radius 1 is 1.12 bits per heavy atom. The van der Waals surface area contributed by atoms with Crippen molar-refractivity contribution in [3.8, 4) is 5.75 Å². The number of aromatic nitrogens is 1. The highest BCUT2D eigenvalue weighted by molar-refractivity contribution is 6.30. The number of carbonyl (C=O) groups is 1. The number of carboxylic acid groups (broad SMARTS) is 1. The number of ether oxygens (including phenoxy) is 1. The maximum absolute atomic E-state index is 12.7. The van der Waals surface area contributed by atoms with Crippen LogP contribution >= 0.6 is 11.6 Å². The van der Waals surface area contributed by atoms with Gasteiger partial charge in [-0.15, -0.1) is 0 Å². The van der Waals surface area contributed by atoms with Gasteiger partial charge < -0.3 is 20.3 Å². The lowest BCUT2D eigenvalue weighted by atomic mass is 9.59. The van der Waals surface area contributed by atoms with E-state index in [0.717, 1.165) is 54.8 Å². The van der Waals surface area contributed by atoms with Gasteiger partial charge in [0, 0.05) is 22.5 Å². The van der Waals surface area contributed by atoms with Crippen LogP contribution in [0.3, 0.4) is 0 Å². The molecule has 3 aromatic rings. The van der Waals surface area contributed by atoms with Gasteiger partial charge in [0.15, 0.2) is 0 Å². The summed E-state index contributed by atoms with van der Waals surface area (Å²) in [5.74, 6) is 0.758. The van der Waals surface area contributed by atoms with E-state index in [1.807, 2.05) is 25.1 Å². The van der Waals surface area contributed by atoms with Crippen molar-refractivity contribution < 1.29 is 19.7 Å². The second-order valence-electron chi connectivity index (χ2n) is 12.8. The van der Waals surface area contributed by atoms with Crippen molar-refractivity contribution in [3.05, 3.63) is 88.2 Å². The summed E-state index contributed by atoms with van der Waals surface area (Å²) in [6.45, 7) is 4.67. The van der Waals surface area contributed by atoms with Crippen LogP contribution in [-0.2, 0) is 28.7 Å². The molecule has 1 heterocycles. The van der Waals surface area contributed by atoms with Crippen LogP contribution in [-0.4, -0.2) is 33.3 Å². The monoisotopic (exact) mass is 574 g/mol. The predicted octanol–water partition coefficient (Wildman–Crippen LogP) is 6.91. The summed E-state index contributed by atoms with van der Waals surface area (Å²) < 4.78 is 6.36. The Kier molecular flexibility index (Phi) is 7.27. The summed E-state index contributed by atoms with van der Waals surface area (Å²) in [6.07, 6.45) is 7.91. The van der Waals surface area contributed by atoms with Crippen molar-refractivity contribution in [2.24, 2.45) is 11.8 Å². The van der Waals surface area contributed by atoms with Gasteiger partial charge in [0.25, 0.3) is 0 Å². The number of halogens is 1. The Morgan fingerprint density at radius 2 is 1.90 bits per heavy atom. The lowest BCUT2D eigenvalue weighted by molar-refractivity contribution is -0.144. The zero-order valence-corrected chi connectivity index (χ0v) is 24.6. The van der Waals surface area contributed by atoms with E-state index in [1.54, 1.807) is 18.3 Å². The van der Waals surface area contributed by atoms with Crippen LogP contribution in [0.1, 0.15) is 74.8 Å². The number of benzene rings is 2. The average molecular weight is 575 g/mol. The SMILES string of the molecule is C[C@@H](COc1ccnc2c1CCC2(C)O)CC1Cc2ccccc2C12CCC(Nc1cccc(Cl)c1)(C(=O)O)CC2. The van der Waals surface area contributed by atoms with Gasteiger partial charge in [-0.25, -0.2) is 4.79 Å². The highest BCUT2D eigenvalue weighted by Gasteiger charge is 2.54. The molecule has 0 saturated heterocycles. The van der Waals surface area contributed by atoms with Gasteiger partial charge in [0.1, 0.15) is 16.9 Å². The molecule has 3 aliphatic rings. The third-order valence-electron chi connectivity index (χ3n) is 10.0. The molecule has 3 N–H and O–H groups in total. The van der Waals surface area contributed by atoms with Crippen molar-refractivity contribution in [3.63, 3.8) is 0 Å². The van der Waals surface area contributed by atoms with Crippen molar-refractivity contribution in [2.75, 3.05) is 11.9 Å². The summed E-state index contributed by atoms with van der Waals surface area (Å²) in [7, 11) is 0. The van der Waals surface area contributed by atoms with Gasteiger partial charge >= 0.3 is 5.97 Å². The van der Waals surface area contributed by atoms with Gasteiger partial charge in [-0.2, -0.15) is 0 Å². The molecule has 0 amide bonds. The second kappa shape index (κ2) is 10.6. The second-order valence-corrected chi connectivity index (χ2v) is 13.2. The summed E-state index contributed by atoms with van der Waals surface area (Å²) in [4.78, 5) is 17.1. The van der Waals surface area contributed by atoms with Gasteiger partial charge in [-0.1, -0.05) is 48.9 Å². The quantitative estimate of drug-likeness (QED) is 0.271. The molecule has 0 aliphatic heterocycles. The third kappa shape index (κ3) is 5.10. The average Bonchev–Trinajstić information content (AvgIpc) is 3.42. The van der Waals surface area contributed by atoms with Crippen LogP contribution in [0.5, 0.6) is 5.75 Å². The first-order chi connectivity index (χ1) is 19.6. The van der Waals surface area contributed by atoms with E-state index in [9.17, 15) is 15.0 Å². The topological polar surface area (TPSA) is 91.7 Å². The first-order valence-corrected chi connectivity index (χ1v) is 15.2. The predicted molar refractivity (Wildman–Crippen MR) is 161 cm³/mol. The van der Waals surface area contributed by atoms with Crippen LogP contribution in [0.4, 0.5) is 5.69 Å². The van der Waals surface area contributed by atoms with Crippen molar-refractivity contribution in [1.82, 2.24) is 4.98 Å². The maximum Gasteiger partial charge on any atom is 0.329 e. The van der Waals surface area contributed by atoms with E-state index in [0.29, 0.717) is 42.7 Å². The Labute approximate surface area is 247 Å². The number of nitrogens with one attached hydrogen (secondary N) is 1. The minimum atomic E-state index is -1.02. The normalized spacial score (nSPS) is 29.1. The molecule has 1 saturated carbocycles. The van der Waals surface area contributed by atoms with Crippen LogP contribution in [0.2, 0.25) is 5.02 Å². The molecule has 41 heavy (non-hydrogen) atoms. The molecule has 3 aliphatic carbocycles. The molecule has 1 spiro atoms. The van der Waals surface area contributed by atoms with Crippen LogP contribution in [0, 0.1) is 11.8 Å². The molecule has 6 rings (SSSR count). The highest BCUT2D eigenvalue weighted by Crippen LogP contribution is 2.56. The number of fused-ring (bicyclic) bond motifs is 3. The van der Waals surface area contributed by atoms with Crippen molar-refractivity contribution in [2.45, 2.75) is 81.8 Å². The molecule has 1 fully saturated rings. The zero-order chi connectivity index (χ0) is 28.8. The minimum absolute atomic E-state index is 0.0452. The Morgan fingerprint density at radius 3 is 2.66 bits per heavy atom. The Bertz CT molecular complexity index is 1450. The van der Waals surface area contributed by atoms with Crippen molar-refractivity contribution in [1.29, 1.82) is 0 Å². The van der Waals surface area contributed by atoms with E-state index in [-0.39, 0.29) is 5.41 Å². The number of anilines is 1. The van der Waals surface area contributed by atoms with E-state index >= 15 is 0 Å². The lowest BCUT2D eigenvalue weighted by Crippen LogP contribution is -2.53. The first-order valence-electron chi connectivity index (χ1n) is 14.8. The molecule has 6 nitrogen and oxygen atoms in total. The number of aliphatic carboxylic acids is 1. The number of hydrogen-bond donors (Lipinski definition) is 3. The van der Waals surface area contributed by atoms with E-state index in [4.69, 9.17) is 16.3 Å². The Balaban J connectivity index is 1.19. The largest absolute Gasteiger partial charge is 0.493 e. The standard InChI is InChI=1S/C34H39ClN2O4/c1-22(21-41-29-11-17-36-30-27(29)10-12-32(30,2)40)18-24-19-23-6-3-4-9-28(23)33(24)13-15-34(16-14-33,31(38)39)37-26-8-5-7-25(35)20-26/h3-9,11,17,20,22,24,37,40H,10,12-16,18-19,21H2,1-2H3,(H,38,39)/t22-,24?,32?,33?,34?/m1/s1. The van der Waals surface area contributed by atoms with Gasteiger partial charge in [0.05, 0.1) is 12.3 Å². The molecule has 3 atom stereocenters. The smallest absolute Gasteiger partial charge is 0.329 e. The zero-order valence-electron chi connectivity index (χ0n) is 23.8. The summed E-state index contributed by atoms with van der Waals surface area (Å²) in [5, 5.41) is 25.0. The number of aliphatic hydroxyl groups is 1. The first kappa shape index (κ1) is 28.0. The maximum atomic E-state index is 12.7. The molecule has 2 aromatic carbocycles. The molecule has 0 bridgehead atoms. The third-order valence-corrected chi connectivity index (χ3v) is 10.2. The van der Waals surface area contributed by atoms with E-state index in [2.05, 4.69) is 41.5 Å². The number of rotatable bonds is 8. The van der Waals surface area contributed by atoms with Crippen LogP contribution in [0.25, 0.3) is 0 Å². The molecular formula is C34H39ClN2O4. The molecule has 1 aromatic heterocycles. The molecule has 216 valence electrons. The summed E-state index contributed by atoms with van der Waals surface area (Å²) in [6, 6.07) is 18.0. The van der Waals surface area contributed by atoms with Crippen molar-refractivity contribution >= 4 is 23.3 Å². The lowest BCUT2D eigenvalue weighted by Gasteiger charge is -2.47. The van der Waals surface area contributed by atoms with Gasteiger partial charge in [-0.05, 0) is 111 Å². The fourth-order valence-electron chi connectivity index (χ4n) is 7.80. The highest BCUT2D eigenvalue weighted by atomic mass is 35.5.